The summed E-state index contributed by atoms with van der Waals surface area (Å²) in [6, 6.07) is 0. The van der Waals surface area contributed by atoms with Gasteiger partial charge >= 0.3 is 5.97 Å². The zero-order valence-electron chi connectivity index (χ0n) is 8.43. The van der Waals surface area contributed by atoms with E-state index in [-0.39, 0.29) is 18.1 Å². The number of rotatable bonds is 3. The van der Waals surface area contributed by atoms with Gasteiger partial charge in [-0.3, -0.25) is 4.79 Å². The molecular weight excluding hydrogens is 204 g/mol. The summed E-state index contributed by atoms with van der Waals surface area (Å²) in [5.41, 5.74) is 0. The predicted octanol–water partition coefficient (Wildman–Crippen LogP) is 0.920. The Morgan fingerprint density at radius 2 is 2.00 bits per heavy atom. The summed E-state index contributed by atoms with van der Waals surface area (Å²) in [4.78, 5) is 10.8. The highest BCUT2D eigenvalue weighted by atomic mass is 32.2. The lowest BCUT2D eigenvalue weighted by atomic mass is 9.99. The molecule has 0 radical (unpaired) electrons. The Hall–Kier alpha value is -0.580. The minimum absolute atomic E-state index is 0.0289. The van der Waals surface area contributed by atoms with E-state index < -0.39 is 27.0 Å². The van der Waals surface area contributed by atoms with Crippen LogP contribution in [0, 0.1) is 11.8 Å². The first kappa shape index (κ1) is 11.5. The molecule has 0 aromatic rings. The maximum Gasteiger partial charge on any atom is 0.306 e. The van der Waals surface area contributed by atoms with Crippen LogP contribution in [-0.2, 0) is 14.6 Å². The van der Waals surface area contributed by atoms with Gasteiger partial charge in [0.25, 0.3) is 0 Å². The summed E-state index contributed by atoms with van der Waals surface area (Å²) in [6.45, 7) is 3.41. The van der Waals surface area contributed by atoms with E-state index in [9.17, 15) is 13.2 Å². The molecule has 0 aromatic carbocycles. The number of carboxylic acids is 1. The van der Waals surface area contributed by atoms with Crippen LogP contribution in [0.15, 0.2) is 0 Å². The van der Waals surface area contributed by atoms with E-state index in [4.69, 9.17) is 5.11 Å². The molecule has 14 heavy (non-hydrogen) atoms. The van der Waals surface area contributed by atoms with Crippen LogP contribution in [0.5, 0.6) is 0 Å². The van der Waals surface area contributed by atoms with E-state index in [2.05, 4.69) is 0 Å². The molecular formula is C9H16O4S. The second-order valence-electron chi connectivity index (χ2n) is 3.97. The van der Waals surface area contributed by atoms with Crippen LogP contribution in [0.4, 0.5) is 0 Å². The zero-order valence-corrected chi connectivity index (χ0v) is 9.25. The van der Waals surface area contributed by atoms with E-state index in [1.165, 1.54) is 0 Å². The molecule has 0 spiro atoms. The molecule has 5 heteroatoms. The molecule has 1 N–H and O–H groups in total. The number of hydrogen-bond donors (Lipinski definition) is 1. The van der Waals surface area contributed by atoms with Crippen LogP contribution in [0.2, 0.25) is 0 Å². The van der Waals surface area contributed by atoms with Gasteiger partial charge in [0.2, 0.25) is 0 Å². The number of carbonyl (C=O) groups is 1. The average molecular weight is 220 g/mol. The Balaban J connectivity index is 2.78. The van der Waals surface area contributed by atoms with Gasteiger partial charge in [0, 0.05) is 5.75 Å². The molecule has 82 valence electrons. The van der Waals surface area contributed by atoms with Crippen LogP contribution < -0.4 is 0 Å². The van der Waals surface area contributed by atoms with Gasteiger partial charge in [-0.1, -0.05) is 13.8 Å². The van der Waals surface area contributed by atoms with E-state index in [1.54, 1.807) is 6.92 Å². The topological polar surface area (TPSA) is 71.4 Å². The molecule has 4 nitrogen and oxygen atoms in total. The molecule has 3 atom stereocenters. The van der Waals surface area contributed by atoms with Crippen molar-refractivity contribution in [2.45, 2.75) is 31.9 Å². The highest BCUT2D eigenvalue weighted by Crippen LogP contribution is 2.35. The molecule has 0 aliphatic heterocycles. The van der Waals surface area contributed by atoms with Gasteiger partial charge < -0.3 is 5.11 Å². The summed E-state index contributed by atoms with van der Waals surface area (Å²) in [6.07, 6.45) is 0.778. The van der Waals surface area contributed by atoms with Gasteiger partial charge in [-0.05, 0) is 18.8 Å². The van der Waals surface area contributed by atoms with E-state index in [1.807, 2.05) is 6.92 Å². The van der Waals surface area contributed by atoms with Gasteiger partial charge in [-0.15, -0.1) is 0 Å². The minimum atomic E-state index is -3.06. The maximum absolute atomic E-state index is 11.5. The van der Waals surface area contributed by atoms with Crippen molar-refractivity contribution >= 4 is 15.8 Å². The second-order valence-corrected chi connectivity index (χ2v) is 6.54. The molecule has 1 aliphatic carbocycles. The standard InChI is InChI=1S/C9H16O4S/c1-3-14(12,13)7-4-6(2)8(5-7)9(10)11/h6-8H,3-5H2,1-2H3,(H,10,11). The van der Waals surface area contributed by atoms with Crippen molar-refractivity contribution < 1.29 is 18.3 Å². The molecule has 0 bridgehead atoms. The molecule has 1 rings (SSSR count). The lowest BCUT2D eigenvalue weighted by molar-refractivity contribution is -0.142. The normalized spacial score (nSPS) is 33.1. The van der Waals surface area contributed by atoms with Crippen molar-refractivity contribution in [2.24, 2.45) is 11.8 Å². The first-order valence-corrected chi connectivity index (χ1v) is 6.54. The molecule has 0 saturated heterocycles. The third-order valence-electron chi connectivity index (χ3n) is 3.07. The smallest absolute Gasteiger partial charge is 0.306 e. The SMILES string of the molecule is CCS(=O)(=O)C1CC(C)C(C(=O)O)C1. The molecule has 0 amide bonds. The maximum atomic E-state index is 11.5. The fraction of sp³-hybridized carbons (Fsp3) is 0.889. The fourth-order valence-electron chi connectivity index (χ4n) is 2.06. The quantitative estimate of drug-likeness (QED) is 0.767. The van der Waals surface area contributed by atoms with Gasteiger partial charge in [-0.25, -0.2) is 8.42 Å². The summed E-state index contributed by atoms with van der Waals surface area (Å²) in [7, 11) is -3.06. The lowest BCUT2D eigenvalue weighted by Gasteiger charge is -2.08. The van der Waals surface area contributed by atoms with E-state index >= 15 is 0 Å². The van der Waals surface area contributed by atoms with Crippen molar-refractivity contribution in [3.8, 4) is 0 Å². The van der Waals surface area contributed by atoms with E-state index in [0.29, 0.717) is 6.42 Å². The van der Waals surface area contributed by atoms with Crippen LogP contribution in [0.3, 0.4) is 0 Å². The molecule has 0 heterocycles. The number of carboxylic acid groups (broad SMARTS) is 1. The third kappa shape index (κ3) is 2.08. The van der Waals surface area contributed by atoms with Crippen LogP contribution >= 0.6 is 0 Å². The Morgan fingerprint density at radius 1 is 1.43 bits per heavy atom. The number of hydrogen-bond acceptors (Lipinski definition) is 3. The van der Waals surface area contributed by atoms with Gasteiger partial charge in [0.1, 0.15) is 0 Å². The summed E-state index contributed by atoms with van der Waals surface area (Å²) >= 11 is 0. The molecule has 0 aromatic heterocycles. The van der Waals surface area contributed by atoms with Crippen molar-refractivity contribution in [1.29, 1.82) is 0 Å². The average Bonchev–Trinajstić information content (AvgIpc) is 2.48. The fourth-order valence-corrected chi connectivity index (χ4v) is 3.63. The first-order valence-electron chi connectivity index (χ1n) is 4.82. The van der Waals surface area contributed by atoms with Crippen LogP contribution in [0.1, 0.15) is 26.7 Å². The Labute approximate surface area is 84.2 Å². The molecule has 3 unspecified atom stereocenters. The molecule has 1 saturated carbocycles. The monoisotopic (exact) mass is 220 g/mol. The highest BCUT2D eigenvalue weighted by Gasteiger charge is 2.41. The number of sulfone groups is 1. The first-order chi connectivity index (χ1) is 6.38. The Bertz CT molecular complexity index is 320. The van der Waals surface area contributed by atoms with Gasteiger partial charge in [0.15, 0.2) is 9.84 Å². The summed E-state index contributed by atoms with van der Waals surface area (Å²) in [5, 5.41) is 8.40. The highest BCUT2D eigenvalue weighted by molar-refractivity contribution is 7.92. The van der Waals surface area contributed by atoms with Gasteiger partial charge in [-0.2, -0.15) is 0 Å². The van der Waals surface area contributed by atoms with Crippen molar-refractivity contribution in [3.05, 3.63) is 0 Å². The predicted molar refractivity (Wildman–Crippen MR) is 52.8 cm³/mol. The second kappa shape index (κ2) is 3.88. The van der Waals surface area contributed by atoms with Crippen LogP contribution in [-0.4, -0.2) is 30.5 Å². The van der Waals surface area contributed by atoms with Crippen LogP contribution in [0.25, 0.3) is 0 Å². The van der Waals surface area contributed by atoms with Crippen molar-refractivity contribution in [3.63, 3.8) is 0 Å². The van der Waals surface area contributed by atoms with Gasteiger partial charge in [0.05, 0.1) is 11.2 Å². The largest absolute Gasteiger partial charge is 0.481 e. The third-order valence-corrected chi connectivity index (χ3v) is 5.27. The summed E-state index contributed by atoms with van der Waals surface area (Å²) in [5.74, 6) is -1.28. The Kier molecular flexibility index (Phi) is 3.19. The number of aliphatic carboxylic acids is 1. The summed E-state index contributed by atoms with van der Waals surface area (Å²) < 4.78 is 23.0. The minimum Gasteiger partial charge on any atom is -0.481 e. The van der Waals surface area contributed by atoms with E-state index in [0.717, 1.165) is 0 Å². The Morgan fingerprint density at radius 3 is 2.36 bits per heavy atom. The van der Waals surface area contributed by atoms with Crippen molar-refractivity contribution in [1.82, 2.24) is 0 Å². The molecule has 1 fully saturated rings. The molecule has 1 aliphatic rings. The zero-order chi connectivity index (χ0) is 10.9. The van der Waals surface area contributed by atoms with Crippen molar-refractivity contribution in [2.75, 3.05) is 5.75 Å². The lowest BCUT2D eigenvalue weighted by Crippen LogP contribution is -2.21.